The van der Waals surface area contributed by atoms with Gasteiger partial charge in [-0.05, 0) is 45.6 Å². The number of aromatic nitrogens is 3. The smallest absolute Gasteiger partial charge is 0.161 e. The highest BCUT2D eigenvalue weighted by atomic mass is 32.2. The van der Waals surface area contributed by atoms with E-state index in [0.717, 1.165) is 61.0 Å². The highest BCUT2D eigenvalue weighted by molar-refractivity contribution is 8.13. The monoisotopic (exact) mass is 513 g/mol. The van der Waals surface area contributed by atoms with Gasteiger partial charge in [-0.1, -0.05) is 25.8 Å². The van der Waals surface area contributed by atoms with Gasteiger partial charge in [0.2, 0.25) is 0 Å². The summed E-state index contributed by atoms with van der Waals surface area (Å²) < 4.78 is 13.2. The van der Waals surface area contributed by atoms with Gasteiger partial charge >= 0.3 is 0 Å². The molecule has 9 nitrogen and oxygen atoms in total. The molecule has 35 heavy (non-hydrogen) atoms. The maximum Gasteiger partial charge on any atom is 0.161 e. The predicted octanol–water partition coefficient (Wildman–Crippen LogP) is 3.15. The zero-order chi connectivity index (χ0) is 25.1. The average Bonchev–Trinajstić information content (AvgIpc) is 3.12. The van der Waals surface area contributed by atoms with Crippen molar-refractivity contribution >= 4 is 38.9 Å². The maximum atomic E-state index is 8.52. The Bertz CT molecular complexity index is 952. The summed E-state index contributed by atoms with van der Waals surface area (Å²) in [6.45, 7) is 13.8. The van der Waals surface area contributed by atoms with E-state index >= 15 is 0 Å². The number of nitrogens with one attached hydrogen (secondary N) is 2. The molecule has 1 fully saturated rings. The van der Waals surface area contributed by atoms with Gasteiger partial charge in [0.05, 0.1) is 37.7 Å². The largest absolute Gasteiger partial charge is 0.412 e. The molecule has 0 amide bonds. The van der Waals surface area contributed by atoms with E-state index in [-0.39, 0.29) is 17.4 Å². The first-order valence-corrected chi connectivity index (χ1v) is 14.0. The summed E-state index contributed by atoms with van der Waals surface area (Å²) in [4.78, 5) is 9.56. The number of aliphatic hydroxyl groups is 1. The lowest BCUT2D eigenvalue weighted by Gasteiger charge is -2.27. The normalized spacial score (nSPS) is 16.5. The van der Waals surface area contributed by atoms with Crippen molar-refractivity contribution in [1.29, 1.82) is 0 Å². The van der Waals surface area contributed by atoms with Crippen LogP contribution in [0.2, 0.25) is 0 Å². The molecule has 0 bridgehead atoms. The molecule has 0 radical (unpaired) electrons. The first kappa shape index (κ1) is 31.2. The third kappa shape index (κ3) is 10.8. The Balaban J connectivity index is 0.00000122. The van der Waals surface area contributed by atoms with Crippen LogP contribution in [0, 0.1) is 0 Å². The number of fused-ring (bicyclic) bond motifs is 1. The molecule has 2 aromatic rings. The summed E-state index contributed by atoms with van der Waals surface area (Å²) in [5, 5.41) is 15.3. The molecular formula is C25H47N5O4S. The van der Waals surface area contributed by atoms with E-state index in [1.54, 1.807) is 27.0 Å². The van der Waals surface area contributed by atoms with Crippen LogP contribution in [0.5, 0.6) is 0 Å². The fraction of sp³-hybridized carbons (Fsp3) is 0.640. The topological polar surface area (TPSA) is 125 Å². The number of ether oxygens (including phenoxy) is 2. The van der Waals surface area contributed by atoms with Gasteiger partial charge in [-0.2, -0.15) is 10.5 Å². The lowest BCUT2D eigenvalue weighted by atomic mass is 10.0. The molecule has 10 heteroatoms. The fourth-order valence-electron chi connectivity index (χ4n) is 3.21. The molecule has 202 valence electrons. The minimum Gasteiger partial charge on any atom is -0.412 e. The molecule has 1 saturated heterocycles. The molecule has 2 aliphatic rings. The van der Waals surface area contributed by atoms with Crippen LogP contribution in [0.4, 0.5) is 5.82 Å². The van der Waals surface area contributed by atoms with Gasteiger partial charge in [0.15, 0.2) is 5.65 Å². The number of rotatable bonds is 8. The van der Waals surface area contributed by atoms with Crippen LogP contribution in [-0.4, -0.2) is 87.5 Å². The average molecular weight is 514 g/mol. The zero-order valence-corrected chi connectivity index (χ0v) is 23.0. The van der Waals surface area contributed by atoms with Gasteiger partial charge in [0, 0.05) is 25.5 Å². The summed E-state index contributed by atoms with van der Waals surface area (Å²) in [6.07, 6.45) is 9.31. The zero-order valence-electron chi connectivity index (χ0n) is 22.2. The Morgan fingerprint density at radius 2 is 2.06 bits per heavy atom. The van der Waals surface area contributed by atoms with Crippen molar-refractivity contribution in [3.8, 4) is 0 Å². The van der Waals surface area contributed by atoms with Crippen molar-refractivity contribution in [1.82, 2.24) is 19.9 Å². The van der Waals surface area contributed by atoms with Crippen molar-refractivity contribution < 1.29 is 21.5 Å². The van der Waals surface area contributed by atoms with Crippen molar-refractivity contribution in [3.05, 3.63) is 24.0 Å². The molecular weight excluding hydrogens is 466 g/mol. The van der Waals surface area contributed by atoms with E-state index in [0.29, 0.717) is 19.4 Å². The Hall–Kier alpha value is -1.82. The van der Waals surface area contributed by atoms with Gasteiger partial charge in [-0.3, -0.25) is 0 Å². The van der Waals surface area contributed by atoms with Gasteiger partial charge < -0.3 is 35.3 Å². The van der Waals surface area contributed by atoms with Crippen LogP contribution in [0.15, 0.2) is 18.5 Å². The first-order valence-electron chi connectivity index (χ1n) is 12.0. The minimum absolute atomic E-state index is 0. The highest BCUT2D eigenvalue weighted by Gasteiger charge is 2.21. The van der Waals surface area contributed by atoms with Crippen LogP contribution >= 0.6 is 10.5 Å². The van der Waals surface area contributed by atoms with Crippen molar-refractivity contribution in [2.45, 2.75) is 59.4 Å². The summed E-state index contributed by atoms with van der Waals surface area (Å²) in [7, 11) is 0.150. The second kappa shape index (κ2) is 15.3. The summed E-state index contributed by atoms with van der Waals surface area (Å²) in [5.74, 6) is 5.81. The summed E-state index contributed by atoms with van der Waals surface area (Å²) in [5.41, 5.74) is 3.78. The molecule has 0 aromatic carbocycles. The minimum atomic E-state index is -0.500. The quantitative estimate of drug-likeness (QED) is 0.366. The standard InChI is InChI=1S/C19H27N5O2S.C4H10O.C2H6.H2O.H2/c1-27(2)8-7-25-13-24-10-16(14-3-5-20-6-4-14)18-19(24)21-9-17(23-18)22-15-11-26-12-15;1-4(2,3)5;1-2;;/h3,9-10,15,20H,1,4-8,11-13H2,2H3,(H,22,23);5H,1-3H3;1-2H3;1H2;1H/t27-;;;;/m0..../s1. The van der Waals surface area contributed by atoms with Gasteiger partial charge in [0.1, 0.15) is 18.1 Å². The molecule has 4 rings (SSSR count). The molecule has 0 unspecified atom stereocenters. The predicted molar refractivity (Wildman–Crippen MR) is 152 cm³/mol. The number of anilines is 1. The fourth-order valence-corrected chi connectivity index (χ4v) is 3.62. The van der Waals surface area contributed by atoms with Crippen LogP contribution in [0.25, 0.3) is 16.7 Å². The molecule has 5 N–H and O–H groups in total. The Labute approximate surface area is 214 Å². The number of hydrogen-bond donors (Lipinski definition) is 3. The van der Waals surface area contributed by atoms with Gasteiger partial charge in [-0.25, -0.2) is 9.97 Å². The van der Waals surface area contributed by atoms with Crippen LogP contribution < -0.4 is 10.6 Å². The van der Waals surface area contributed by atoms with E-state index in [1.807, 2.05) is 13.8 Å². The van der Waals surface area contributed by atoms with Crippen molar-refractivity contribution in [2.75, 3.05) is 50.2 Å². The van der Waals surface area contributed by atoms with Crippen molar-refractivity contribution in [2.24, 2.45) is 0 Å². The molecule has 4 heterocycles. The molecule has 0 aliphatic carbocycles. The van der Waals surface area contributed by atoms with Gasteiger partial charge in [0.25, 0.3) is 0 Å². The SMILES string of the molecule is C=[S@@](C)CCOCn1cc(C2=CCNCC2)c2nc(NC3COC3)cnc21.CC.CC(C)(C)O.O.[HH]. The third-order valence-corrected chi connectivity index (χ3v) is 5.64. The number of hydrogen-bond acceptors (Lipinski definition) is 7. The first-order chi connectivity index (χ1) is 16.2. The summed E-state index contributed by atoms with van der Waals surface area (Å²) in [6, 6.07) is 0.328. The van der Waals surface area contributed by atoms with Crippen LogP contribution in [0.3, 0.4) is 0 Å². The van der Waals surface area contributed by atoms with Crippen LogP contribution in [-0.2, 0) is 16.2 Å². The molecule has 2 aromatic heterocycles. The molecule has 0 saturated carbocycles. The van der Waals surface area contributed by atoms with E-state index < -0.39 is 5.60 Å². The lowest BCUT2D eigenvalue weighted by molar-refractivity contribution is 0.0209. The van der Waals surface area contributed by atoms with Crippen molar-refractivity contribution in [3.63, 3.8) is 0 Å². The van der Waals surface area contributed by atoms with Crippen LogP contribution in [0.1, 0.15) is 48.0 Å². The molecule has 0 spiro atoms. The number of nitrogens with zero attached hydrogens (tertiary/aromatic N) is 3. The van der Waals surface area contributed by atoms with E-state index in [4.69, 9.17) is 19.6 Å². The lowest BCUT2D eigenvalue weighted by Crippen LogP contribution is -2.40. The van der Waals surface area contributed by atoms with Gasteiger partial charge in [-0.15, -0.1) is 0 Å². The maximum absolute atomic E-state index is 8.52. The second-order valence-electron chi connectivity index (χ2n) is 9.20. The third-order valence-electron chi connectivity index (χ3n) is 4.77. The van der Waals surface area contributed by atoms with E-state index in [1.165, 1.54) is 5.57 Å². The molecule has 1 atom stereocenters. The second-order valence-corrected chi connectivity index (χ2v) is 11.2. The van der Waals surface area contributed by atoms with E-state index in [9.17, 15) is 0 Å². The Kier molecular flexibility index (Phi) is 13.7. The molecule has 2 aliphatic heterocycles. The Morgan fingerprint density at radius 3 is 2.60 bits per heavy atom. The summed E-state index contributed by atoms with van der Waals surface area (Å²) >= 11 is 0. The highest BCUT2D eigenvalue weighted by Crippen LogP contribution is 2.29. The van der Waals surface area contributed by atoms with E-state index in [2.05, 4.69) is 44.6 Å². The Morgan fingerprint density at radius 1 is 1.37 bits per heavy atom.